The minimum Gasteiger partial charge on any atom is -0.496 e. The van der Waals surface area contributed by atoms with Crippen molar-refractivity contribution in [2.45, 2.75) is 25.8 Å². The first-order valence-electron chi connectivity index (χ1n) is 8.37. The normalized spacial score (nSPS) is 16.4. The molecule has 3 rings (SSSR count). The van der Waals surface area contributed by atoms with Gasteiger partial charge in [0, 0.05) is 17.8 Å². The van der Waals surface area contributed by atoms with E-state index in [0.717, 1.165) is 12.0 Å². The zero-order valence-corrected chi connectivity index (χ0v) is 15.4. The molecule has 1 N–H and O–H groups in total. The van der Waals surface area contributed by atoms with Crippen LogP contribution in [0.25, 0.3) is 0 Å². The van der Waals surface area contributed by atoms with Crippen LogP contribution < -0.4 is 10.1 Å². The van der Waals surface area contributed by atoms with Gasteiger partial charge in [-0.2, -0.15) is 0 Å². The first-order chi connectivity index (χ1) is 12.5. The maximum absolute atomic E-state index is 13.0. The highest BCUT2D eigenvalue weighted by atomic mass is 35.5. The van der Waals surface area contributed by atoms with E-state index < -0.39 is 6.04 Å². The van der Waals surface area contributed by atoms with Gasteiger partial charge in [-0.05, 0) is 55.7 Å². The fraction of sp³-hybridized carbons (Fsp3) is 0.316. The number of aryl methyl sites for hydroxylation is 1. The average molecular weight is 374 g/mol. The number of ether oxygens (including phenoxy) is 1. The number of hydrogen-bond acceptors (Lipinski definition) is 4. The van der Waals surface area contributed by atoms with Crippen LogP contribution in [0, 0.1) is 6.92 Å². The lowest BCUT2D eigenvalue weighted by molar-refractivity contribution is -0.119. The predicted octanol–water partition coefficient (Wildman–Crippen LogP) is 3.30. The maximum Gasteiger partial charge on any atom is 0.258 e. The van der Waals surface area contributed by atoms with E-state index in [0.29, 0.717) is 35.1 Å². The third-order valence-corrected chi connectivity index (χ3v) is 4.61. The molecule has 1 aromatic heterocycles. The Labute approximate surface area is 157 Å². The van der Waals surface area contributed by atoms with E-state index in [-0.39, 0.29) is 11.8 Å². The molecule has 1 aliphatic heterocycles. The van der Waals surface area contributed by atoms with Gasteiger partial charge in [0.05, 0.1) is 12.7 Å². The summed E-state index contributed by atoms with van der Waals surface area (Å²) in [5.41, 5.74) is 1.35. The summed E-state index contributed by atoms with van der Waals surface area (Å²) in [6, 6.07) is 7.98. The molecule has 2 amide bonds. The lowest BCUT2D eigenvalue weighted by Crippen LogP contribution is -2.43. The Kier molecular flexibility index (Phi) is 5.42. The minimum atomic E-state index is -0.548. The topological polar surface area (TPSA) is 71.5 Å². The summed E-state index contributed by atoms with van der Waals surface area (Å²) in [5, 5.41) is 3.24. The van der Waals surface area contributed by atoms with Crippen molar-refractivity contribution in [2.75, 3.05) is 19.0 Å². The summed E-state index contributed by atoms with van der Waals surface area (Å²) in [5.74, 6) is 0.412. The summed E-state index contributed by atoms with van der Waals surface area (Å²) < 4.78 is 5.27. The highest BCUT2D eigenvalue weighted by molar-refractivity contribution is 6.31. The van der Waals surface area contributed by atoms with Crippen LogP contribution in [0.5, 0.6) is 5.75 Å². The number of nitrogens with zero attached hydrogens (tertiary/aromatic N) is 2. The smallest absolute Gasteiger partial charge is 0.258 e. The molecule has 6 nitrogen and oxygen atoms in total. The Bertz CT molecular complexity index is 841. The monoisotopic (exact) mass is 373 g/mol. The molecule has 1 aliphatic rings. The van der Waals surface area contributed by atoms with E-state index in [2.05, 4.69) is 10.3 Å². The summed E-state index contributed by atoms with van der Waals surface area (Å²) in [6.07, 6.45) is 3.00. The number of amides is 2. The Morgan fingerprint density at radius 2 is 2.12 bits per heavy atom. The van der Waals surface area contributed by atoms with Crippen molar-refractivity contribution in [1.29, 1.82) is 0 Å². The van der Waals surface area contributed by atoms with Crippen LogP contribution >= 0.6 is 11.6 Å². The number of pyridine rings is 1. The van der Waals surface area contributed by atoms with Crippen LogP contribution in [-0.4, -0.2) is 41.4 Å². The van der Waals surface area contributed by atoms with E-state index in [4.69, 9.17) is 16.3 Å². The molecule has 1 fully saturated rings. The van der Waals surface area contributed by atoms with Crippen LogP contribution in [0.2, 0.25) is 5.02 Å². The number of halogens is 1. The van der Waals surface area contributed by atoms with E-state index in [9.17, 15) is 9.59 Å². The predicted molar refractivity (Wildman–Crippen MR) is 99.7 cm³/mol. The van der Waals surface area contributed by atoms with Gasteiger partial charge in [0.15, 0.2) is 0 Å². The standard InChI is InChI=1S/C19H20ClN3O3/c1-12-7-8-21-17(10-12)22-18(24)15-4-3-9-23(15)19(25)14-11-13(20)5-6-16(14)26-2/h5-8,10-11,15H,3-4,9H2,1-2H3,(H,21,22,24)/t15-/m0/s1. The molecule has 1 atom stereocenters. The number of carbonyl (C=O) groups is 2. The van der Waals surface area contributed by atoms with E-state index >= 15 is 0 Å². The van der Waals surface area contributed by atoms with Gasteiger partial charge in [-0.15, -0.1) is 0 Å². The molecule has 0 radical (unpaired) electrons. The number of carbonyl (C=O) groups excluding carboxylic acids is 2. The second-order valence-corrected chi connectivity index (χ2v) is 6.65. The van der Waals surface area contributed by atoms with Crippen LogP contribution in [0.15, 0.2) is 36.5 Å². The first-order valence-corrected chi connectivity index (χ1v) is 8.75. The largest absolute Gasteiger partial charge is 0.496 e. The molecule has 0 bridgehead atoms. The van der Waals surface area contributed by atoms with Gasteiger partial charge in [-0.3, -0.25) is 9.59 Å². The molecular formula is C19H20ClN3O3. The summed E-state index contributed by atoms with van der Waals surface area (Å²) in [6.45, 7) is 2.43. The summed E-state index contributed by atoms with van der Waals surface area (Å²) in [4.78, 5) is 31.4. The number of hydrogen-bond donors (Lipinski definition) is 1. The van der Waals surface area contributed by atoms with Crippen molar-refractivity contribution in [3.8, 4) is 5.75 Å². The molecule has 1 aromatic carbocycles. The number of benzene rings is 1. The second kappa shape index (κ2) is 7.74. The summed E-state index contributed by atoms with van der Waals surface area (Å²) in [7, 11) is 1.50. The maximum atomic E-state index is 13.0. The Hall–Kier alpha value is -2.60. The van der Waals surface area contributed by atoms with Crippen LogP contribution in [0.4, 0.5) is 5.82 Å². The molecule has 2 heterocycles. The first kappa shape index (κ1) is 18.2. The quantitative estimate of drug-likeness (QED) is 0.892. The highest BCUT2D eigenvalue weighted by Crippen LogP contribution is 2.28. The molecule has 26 heavy (non-hydrogen) atoms. The van der Waals surface area contributed by atoms with E-state index in [1.165, 1.54) is 7.11 Å². The molecule has 0 aliphatic carbocycles. The zero-order valence-electron chi connectivity index (χ0n) is 14.7. The molecule has 136 valence electrons. The molecule has 2 aromatic rings. The fourth-order valence-electron chi connectivity index (χ4n) is 3.10. The van der Waals surface area contributed by atoms with Crippen LogP contribution in [0.3, 0.4) is 0 Å². The molecular weight excluding hydrogens is 354 g/mol. The highest BCUT2D eigenvalue weighted by Gasteiger charge is 2.35. The number of likely N-dealkylation sites (tertiary alicyclic amines) is 1. The fourth-order valence-corrected chi connectivity index (χ4v) is 3.27. The lowest BCUT2D eigenvalue weighted by Gasteiger charge is -2.24. The SMILES string of the molecule is COc1ccc(Cl)cc1C(=O)N1CCC[C@H]1C(=O)Nc1cc(C)ccn1. The van der Waals surface area contributed by atoms with Crippen molar-refractivity contribution in [3.63, 3.8) is 0 Å². The molecule has 1 saturated heterocycles. The Balaban J connectivity index is 1.80. The van der Waals surface area contributed by atoms with Gasteiger partial charge >= 0.3 is 0 Å². The van der Waals surface area contributed by atoms with Gasteiger partial charge in [-0.25, -0.2) is 4.98 Å². The zero-order chi connectivity index (χ0) is 18.7. The van der Waals surface area contributed by atoms with Crippen molar-refractivity contribution < 1.29 is 14.3 Å². The van der Waals surface area contributed by atoms with E-state index in [1.54, 1.807) is 35.4 Å². The van der Waals surface area contributed by atoms with Gasteiger partial charge < -0.3 is 15.0 Å². The molecule has 7 heteroatoms. The van der Waals surface area contributed by atoms with Crippen molar-refractivity contribution in [2.24, 2.45) is 0 Å². The molecule has 0 saturated carbocycles. The average Bonchev–Trinajstić information content (AvgIpc) is 3.11. The number of methoxy groups -OCH3 is 1. The van der Waals surface area contributed by atoms with Gasteiger partial charge in [0.2, 0.25) is 5.91 Å². The number of anilines is 1. The third-order valence-electron chi connectivity index (χ3n) is 4.37. The minimum absolute atomic E-state index is 0.241. The van der Waals surface area contributed by atoms with Crippen LogP contribution in [0.1, 0.15) is 28.8 Å². The van der Waals surface area contributed by atoms with Gasteiger partial charge in [0.1, 0.15) is 17.6 Å². The van der Waals surface area contributed by atoms with Crippen molar-refractivity contribution >= 4 is 29.2 Å². The number of aromatic nitrogens is 1. The number of nitrogens with one attached hydrogen (secondary N) is 1. The molecule has 0 spiro atoms. The van der Waals surface area contributed by atoms with Crippen molar-refractivity contribution in [1.82, 2.24) is 9.88 Å². The van der Waals surface area contributed by atoms with Gasteiger partial charge in [-0.1, -0.05) is 11.6 Å². The Morgan fingerprint density at radius 3 is 2.85 bits per heavy atom. The van der Waals surface area contributed by atoms with Crippen molar-refractivity contribution in [3.05, 3.63) is 52.7 Å². The van der Waals surface area contributed by atoms with Crippen LogP contribution in [-0.2, 0) is 4.79 Å². The third kappa shape index (κ3) is 3.80. The lowest BCUT2D eigenvalue weighted by atomic mass is 10.1. The second-order valence-electron chi connectivity index (χ2n) is 6.21. The molecule has 0 unspecified atom stereocenters. The Morgan fingerprint density at radius 1 is 1.31 bits per heavy atom. The van der Waals surface area contributed by atoms with Gasteiger partial charge in [0.25, 0.3) is 5.91 Å². The summed E-state index contributed by atoms with van der Waals surface area (Å²) >= 11 is 6.03. The number of rotatable bonds is 4. The van der Waals surface area contributed by atoms with E-state index in [1.807, 2.05) is 13.0 Å².